The highest BCUT2D eigenvalue weighted by atomic mass is 32.2. The minimum Gasteiger partial charge on any atom is -0.493 e. The van der Waals surface area contributed by atoms with Crippen LogP contribution in [-0.2, 0) is 16.7 Å². The Morgan fingerprint density at radius 2 is 1.39 bits per heavy atom. The number of piperazine rings is 1. The first-order valence-corrected chi connectivity index (χ1v) is 13.1. The average molecular weight is 553 g/mol. The molecule has 1 heterocycles. The van der Waals surface area contributed by atoms with Crippen molar-refractivity contribution in [1.82, 2.24) is 4.90 Å². The molecule has 1 aliphatic heterocycles. The lowest BCUT2D eigenvalue weighted by Crippen LogP contribution is -2.45. The summed E-state index contributed by atoms with van der Waals surface area (Å²) in [5, 5.41) is 0. The zero-order valence-corrected chi connectivity index (χ0v) is 21.6. The molecule has 0 amide bonds. The van der Waals surface area contributed by atoms with E-state index in [1.807, 2.05) is 18.2 Å². The highest BCUT2D eigenvalue weighted by Gasteiger charge is 2.31. The lowest BCUT2D eigenvalue weighted by atomic mass is 10.1. The van der Waals surface area contributed by atoms with Crippen molar-refractivity contribution < 1.29 is 40.0 Å². The second-order valence-electron chi connectivity index (χ2n) is 8.50. The Morgan fingerprint density at radius 1 is 0.789 bits per heavy atom. The second-order valence-corrected chi connectivity index (χ2v) is 10.0. The number of rotatable bonds is 9. The third-order valence-corrected chi connectivity index (χ3v) is 7.24. The molecule has 12 heteroatoms. The molecule has 0 radical (unpaired) electrons. The molecule has 1 aliphatic rings. The molecule has 1 saturated heterocycles. The average Bonchev–Trinajstić information content (AvgIpc) is 2.89. The van der Waals surface area contributed by atoms with Gasteiger partial charge in [0.05, 0.1) is 14.2 Å². The van der Waals surface area contributed by atoms with Gasteiger partial charge >= 0.3 is 16.5 Å². The lowest BCUT2D eigenvalue weighted by Gasteiger charge is -2.36. The summed E-state index contributed by atoms with van der Waals surface area (Å²) in [6.07, 6.45) is -4.87. The Kier molecular flexibility index (Phi) is 8.22. The summed E-state index contributed by atoms with van der Waals surface area (Å²) in [5.41, 5.74) is 2.05. The molecule has 3 aromatic carbocycles. The number of alkyl halides is 3. The van der Waals surface area contributed by atoms with Crippen LogP contribution in [0.15, 0.2) is 71.6 Å². The van der Waals surface area contributed by atoms with Crippen LogP contribution in [0.1, 0.15) is 5.56 Å². The third-order valence-electron chi connectivity index (χ3n) is 5.98. The fraction of sp³-hybridized carbons (Fsp3) is 0.308. The van der Waals surface area contributed by atoms with E-state index in [1.165, 1.54) is 0 Å². The van der Waals surface area contributed by atoms with Crippen LogP contribution in [-0.4, -0.2) is 60.1 Å². The summed E-state index contributed by atoms with van der Waals surface area (Å²) in [4.78, 5) is 4.25. The minimum atomic E-state index is -4.87. The molecule has 0 aromatic heterocycles. The molecule has 3 aromatic rings. The van der Waals surface area contributed by atoms with Gasteiger partial charge in [-0.2, -0.15) is 8.42 Å². The zero-order valence-electron chi connectivity index (χ0n) is 20.8. The molecule has 0 spiro atoms. The fourth-order valence-corrected chi connectivity index (χ4v) is 5.03. The van der Waals surface area contributed by atoms with Crippen molar-refractivity contribution in [2.75, 3.05) is 45.3 Å². The van der Waals surface area contributed by atoms with Crippen LogP contribution < -0.4 is 23.3 Å². The van der Waals surface area contributed by atoms with Gasteiger partial charge in [0.15, 0.2) is 11.5 Å². The van der Waals surface area contributed by atoms with Crippen LogP contribution in [0.3, 0.4) is 0 Å². The number of anilines is 1. The SMILES string of the molecule is COc1ccc(CN2CCN(c3ccc(OS(=O)(=O)c4ccc(OC(F)(F)F)cc4)cc3)CC2)cc1OC. The first-order chi connectivity index (χ1) is 18.1. The van der Waals surface area contributed by atoms with E-state index in [0.29, 0.717) is 11.5 Å². The van der Waals surface area contributed by atoms with Crippen LogP contribution in [0.5, 0.6) is 23.0 Å². The molecule has 0 saturated carbocycles. The van der Waals surface area contributed by atoms with E-state index in [1.54, 1.807) is 38.5 Å². The van der Waals surface area contributed by atoms with Gasteiger partial charge in [-0.3, -0.25) is 4.90 Å². The molecule has 1 fully saturated rings. The van der Waals surface area contributed by atoms with Crippen molar-refractivity contribution in [2.45, 2.75) is 17.8 Å². The van der Waals surface area contributed by atoms with Crippen LogP contribution >= 0.6 is 0 Å². The molecule has 0 bridgehead atoms. The van der Waals surface area contributed by atoms with Gasteiger partial charge in [0.25, 0.3) is 0 Å². The second kappa shape index (κ2) is 11.4. The maximum absolute atomic E-state index is 12.5. The van der Waals surface area contributed by atoms with Crippen LogP contribution in [0.4, 0.5) is 18.9 Å². The normalized spacial score (nSPS) is 14.7. The van der Waals surface area contributed by atoms with E-state index in [0.717, 1.165) is 68.2 Å². The number of halogens is 3. The summed E-state index contributed by atoms with van der Waals surface area (Å²) in [7, 11) is -1.02. The van der Waals surface area contributed by atoms with E-state index in [4.69, 9.17) is 13.7 Å². The van der Waals surface area contributed by atoms with Gasteiger partial charge in [-0.05, 0) is 66.2 Å². The largest absolute Gasteiger partial charge is 0.573 e. The molecule has 0 unspecified atom stereocenters. The Hall–Kier alpha value is -3.64. The monoisotopic (exact) mass is 552 g/mol. The third kappa shape index (κ3) is 7.01. The summed E-state index contributed by atoms with van der Waals surface area (Å²) >= 11 is 0. The van der Waals surface area contributed by atoms with E-state index in [-0.39, 0.29) is 10.6 Å². The van der Waals surface area contributed by atoms with Gasteiger partial charge in [-0.1, -0.05) is 6.07 Å². The van der Waals surface area contributed by atoms with Gasteiger partial charge in [-0.15, -0.1) is 13.2 Å². The van der Waals surface area contributed by atoms with Gasteiger partial charge in [0, 0.05) is 38.4 Å². The Balaban J connectivity index is 1.31. The molecule has 0 N–H and O–H groups in total. The van der Waals surface area contributed by atoms with Gasteiger partial charge in [-0.25, -0.2) is 0 Å². The lowest BCUT2D eigenvalue weighted by molar-refractivity contribution is -0.274. The quantitative estimate of drug-likeness (QED) is 0.354. The van der Waals surface area contributed by atoms with Crippen molar-refractivity contribution in [3.05, 3.63) is 72.3 Å². The van der Waals surface area contributed by atoms with E-state index < -0.39 is 22.2 Å². The molecular weight excluding hydrogens is 525 g/mol. The van der Waals surface area contributed by atoms with Crippen molar-refractivity contribution in [1.29, 1.82) is 0 Å². The summed E-state index contributed by atoms with van der Waals surface area (Å²) in [6.45, 7) is 4.04. The summed E-state index contributed by atoms with van der Waals surface area (Å²) in [5.74, 6) is 0.955. The topological polar surface area (TPSA) is 77.5 Å². The van der Waals surface area contributed by atoms with Gasteiger partial charge < -0.3 is 23.3 Å². The number of hydrogen-bond donors (Lipinski definition) is 0. The predicted octanol–water partition coefficient (Wildman–Crippen LogP) is 4.69. The van der Waals surface area contributed by atoms with Crippen molar-refractivity contribution in [3.63, 3.8) is 0 Å². The Labute approximate surface area is 219 Å². The molecule has 204 valence electrons. The van der Waals surface area contributed by atoms with E-state index in [9.17, 15) is 21.6 Å². The summed E-state index contributed by atoms with van der Waals surface area (Å²) in [6, 6.07) is 16.3. The van der Waals surface area contributed by atoms with Crippen molar-refractivity contribution in [2.24, 2.45) is 0 Å². The van der Waals surface area contributed by atoms with Gasteiger partial charge in [0.2, 0.25) is 0 Å². The maximum Gasteiger partial charge on any atom is 0.573 e. The van der Waals surface area contributed by atoms with E-state index >= 15 is 0 Å². The number of ether oxygens (including phenoxy) is 3. The molecule has 0 aliphatic carbocycles. The highest BCUT2D eigenvalue weighted by molar-refractivity contribution is 7.87. The predicted molar refractivity (Wildman–Crippen MR) is 134 cm³/mol. The number of benzene rings is 3. The first kappa shape index (κ1) is 27.4. The van der Waals surface area contributed by atoms with Crippen LogP contribution in [0.2, 0.25) is 0 Å². The van der Waals surface area contributed by atoms with Gasteiger partial charge in [0.1, 0.15) is 16.4 Å². The first-order valence-electron chi connectivity index (χ1n) is 11.6. The fourth-order valence-electron chi connectivity index (χ4n) is 4.10. The molecule has 38 heavy (non-hydrogen) atoms. The van der Waals surface area contributed by atoms with Crippen LogP contribution in [0, 0.1) is 0 Å². The molecule has 4 rings (SSSR count). The number of hydrogen-bond acceptors (Lipinski definition) is 8. The summed E-state index contributed by atoms with van der Waals surface area (Å²) < 4.78 is 81.6. The molecule has 8 nitrogen and oxygen atoms in total. The minimum absolute atomic E-state index is 0.0939. The smallest absolute Gasteiger partial charge is 0.493 e. The molecule has 0 atom stereocenters. The van der Waals surface area contributed by atoms with Crippen molar-refractivity contribution >= 4 is 15.8 Å². The number of nitrogens with zero attached hydrogens (tertiary/aromatic N) is 2. The molecular formula is C26H27F3N2O6S. The standard InChI is InChI=1S/C26H27F3N2O6S/c1-34-24-12-3-19(17-25(24)35-2)18-30-13-15-31(16-14-30)20-4-6-22(7-5-20)37-38(32,33)23-10-8-21(9-11-23)36-26(27,28)29/h3-12,17H,13-16,18H2,1-2H3. The van der Waals surface area contributed by atoms with Crippen molar-refractivity contribution in [3.8, 4) is 23.0 Å². The maximum atomic E-state index is 12.5. The van der Waals surface area contributed by atoms with E-state index in [2.05, 4.69) is 14.5 Å². The Morgan fingerprint density at radius 3 is 1.97 bits per heavy atom. The highest BCUT2D eigenvalue weighted by Crippen LogP contribution is 2.29. The Bertz CT molecular complexity index is 1320. The zero-order chi connectivity index (χ0) is 27.3. The number of methoxy groups -OCH3 is 2. The van der Waals surface area contributed by atoms with Crippen LogP contribution in [0.25, 0.3) is 0 Å².